The number of likely N-dealkylation sites (tertiary alicyclic amines) is 1. The number of hydrogen-bond donors (Lipinski definition) is 1. The SMILES string of the molecule is O=C(NCc1ccccn1)[C@@H]1C[C@@H]2CCN(Cc3ccco3)C[C@H]2O1. The molecule has 25 heavy (non-hydrogen) atoms. The molecule has 3 atom stereocenters. The van der Waals surface area contributed by atoms with Crippen LogP contribution in [0.3, 0.4) is 0 Å². The van der Waals surface area contributed by atoms with Crippen molar-refractivity contribution >= 4 is 5.91 Å². The molecule has 2 aromatic rings. The molecule has 0 radical (unpaired) electrons. The second-order valence-corrected chi connectivity index (χ2v) is 6.80. The molecule has 4 heterocycles. The summed E-state index contributed by atoms with van der Waals surface area (Å²) in [6, 6.07) is 9.60. The number of nitrogens with zero attached hydrogens (tertiary/aromatic N) is 2. The Morgan fingerprint density at radius 3 is 3.08 bits per heavy atom. The molecule has 1 N–H and O–H groups in total. The van der Waals surface area contributed by atoms with E-state index in [1.807, 2.05) is 30.3 Å². The van der Waals surface area contributed by atoms with Crippen LogP contribution in [0.15, 0.2) is 47.2 Å². The molecule has 2 fully saturated rings. The van der Waals surface area contributed by atoms with E-state index in [1.165, 1.54) is 0 Å². The smallest absolute Gasteiger partial charge is 0.249 e. The van der Waals surface area contributed by atoms with E-state index in [2.05, 4.69) is 15.2 Å². The van der Waals surface area contributed by atoms with Crippen molar-refractivity contribution in [2.75, 3.05) is 13.1 Å². The topological polar surface area (TPSA) is 67.6 Å². The monoisotopic (exact) mass is 341 g/mol. The first-order valence-electron chi connectivity index (χ1n) is 8.86. The van der Waals surface area contributed by atoms with Gasteiger partial charge in [-0.05, 0) is 49.6 Å². The Labute approximate surface area is 147 Å². The molecule has 1 amide bonds. The van der Waals surface area contributed by atoms with Crippen molar-refractivity contribution in [1.29, 1.82) is 0 Å². The number of amides is 1. The lowest BCUT2D eigenvalue weighted by atomic mass is 9.91. The Bertz CT molecular complexity index is 689. The van der Waals surface area contributed by atoms with Gasteiger partial charge < -0.3 is 14.5 Å². The molecular formula is C19H23N3O3. The van der Waals surface area contributed by atoms with E-state index in [0.29, 0.717) is 12.5 Å². The number of carbonyl (C=O) groups excluding carboxylic acids is 1. The van der Waals surface area contributed by atoms with Crippen LogP contribution in [0, 0.1) is 5.92 Å². The van der Waals surface area contributed by atoms with E-state index in [0.717, 1.165) is 43.9 Å². The molecule has 4 rings (SSSR count). The number of furan rings is 1. The Kier molecular flexibility index (Phi) is 4.81. The van der Waals surface area contributed by atoms with Crippen LogP contribution in [0.4, 0.5) is 0 Å². The van der Waals surface area contributed by atoms with Gasteiger partial charge in [-0.3, -0.25) is 14.7 Å². The summed E-state index contributed by atoms with van der Waals surface area (Å²) in [4.78, 5) is 19.0. The van der Waals surface area contributed by atoms with Crippen LogP contribution in [0.25, 0.3) is 0 Å². The number of fused-ring (bicyclic) bond motifs is 1. The van der Waals surface area contributed by atoms with Crippen LogP contribution < -0.4 is 5.32 Å². The zero-order valence-electron chi connectivity index (χ0n) is 14.1. The molecule has 132 valence electrons. The Morgan fingerprint density at radius 2 is 2.28 bits per heavy atom. The number of pyridine rings is 1. The van der Waals surface area contributed by atoms with Gasteiger partial charge in [0.2, 0.25) is 5.91 Å². The van der Waals surface area contributed by atoms with E-state index >= 15 is 0 Å². The molecule has 0 spiro atoms. The summed E-state index contributed by atoms with van der Waals surface area (Å²) in [6.07, 6.45) is 5.10. The molecular weight excluding hydrogens is 318 g/mol. The van der Waals surface area contributed by atoms with Crippen LogP contribution in [-0.4, -0.2) is 41.1 Å². The Morgan fingerprint density at radius 1 is 1.32 bits per heavy atom. The number of aromatic nitrogens is 1. The van der Waals surface area contributed by atoms with Gasteiger partial charge in [-0.2, -0.15) is 0 Å². The van der Waals surface area contributed by atoms with E-state index in [-0.39, 0.29) is 18.1 Å². The minimum atomic E-state index is -0.345. The number of hydrogen-bond acceptors (Lipinski definition) is 5. The van der Waals surface area contributed by atoms with Crippen molar-refractivity contribution in [1.82, 2.24) is 15.2 Å². The van der Waals surface area contributed by atoms with Gasteiger partial charge >= 0.3 is 0 Å². The van der Waals surface area contributed by atoms with Crippen LogP contribution in [0.5, 0.6) is 0 Å². The first-order chi connectivity index (χ1) is 12.3. The summed E-state index contributed by atoms with van der Waals surface area (Å²) in [5.74, 6) is 1.41. The number of rotatable bonds is 5. The van der Waals surface area contributed by atoms with E-state index in [9.17, 15) is 4.79 Å². The predicted molar refractivity (Wildman–Crippen MR) is 91.5 cm³/mol. The third-order valence-electron chi connectivity index (χ3n) is 5.06. The van der Waals surface area contributed by atoms with Gasteiger partial charge in [0.1, 0.15) is 11.9 Å². The van der Waals surface area contributed by atoms with Crippen LogP contribution in [0.2, 0.25) is 0 Å². The third-order valence-corrected chi connectivity index (χ3v) is 5.06. The molecule has 2 saturated heterocycles. The normalized spacial score (nSPS) is 26.3. The predicted octanol–water partition coefficient (Wildman–Crippen LogP) is 1.97. The highest BCUT2D eigenvalue weighted by molar-refractivity contribution is 5.81. The Balaban J connectivity index is 1.28. The molecule has 0 unspecified atom stereocenters. The zero-order valence-corrected chi connectivity index (χ0v) is 14.1. The second kappa shape index (κ2) is 7.37. The van der Waals surface area contributed by atoms with Crippen molar-refractivity contribution in [2.24, 2.45) is 5.92 Å². The first kappa shape index (κ1) is 16.3. The van der Waals surface area contributed by atoms with Gasteiger partial charge in [0.25, 0.3) is 0 Å². The van der Waals surface area contributed by atoms with Gasteiger partial charge in [-0.1, -0.05) is 6.07 Å². The van der Waals surface area contributed by atoms with Gasteiger partial charge in [0, 0.05) is 12.7 Å². The van der Waals surface area contributed by atoms with Crippen molar-refractivity contribution in [3.05, 3.63) is 54.2 Å². The molecule has 2 aliphatic heterocycles. The van der Waals surface area contributed by atoms with Crippen molar-refractivity contribution in [3.8, 4) is 0 Å². The van der Waals surface area contributed by atoms with Gasteiger partial charge in [0.05, 0.1) is 31.2 Å². The summed E-state index contributed by atoms with van der Waals surface area (Å²) < 4.78 is 11.5. The molecule has 6 nitrogen and oxygen atoms in total. The lowest BCUT2D eigenvalue weighted by Crippen LogP contribution is -2.42. The van der Waals surface area contributed by atoms with Gasteiger partial charge in [-0.15, -0.1) is 0 Å². The third kappa shape index (κ3) is 3.91. The average molecular weight is 341 g/mol. The highest BCUT2D eigenvalue weighted by Gasteiger charge is 2.41. The number of ether oxygens (including phenoxy) is 1. The summed E-state index contributed by atoms with van der Waals surface area (Å²) in [6.45, 7) is 3.12. The first-order valence-corrected chi connectivity index (χ1v) is 8.86. The zero-order chi connectivity index (χ0) is 17.1. The van der Waals surface area contributed by atoms with E-state index in [4.69, 9.17) is 9.15 Å². The van der Waals surface area contributed by atoms with Crippen molar-refractivity contribution < 1.29 is 13.9 Å². The van der Waals surface area contributed by atoms with E-state index in [1.54, 1.807) is 12.5 Å². The largest absolute Gasteiger partial charge is 0.468 e. The van der Waals surface area contributed by atoms with Crippen molar-refractivity contribution in [2.45, 2.75) is 38.1 Å². The van der Waals surface area contributed by atoms with Gasteiger partial charge in [-0.25, -0.2) is 0 Å². The number of nitrogens with one attached hydrogen (secondary N) is 1. The molecule has 2 aromatic heterocycles. The minimum Gasteiger partial charge on any atom is -0.468 e. The van der Waals surface area contributed by atoms with Crippen molar-refractivity contribution in [3.63, 3.8) is 0 Å². The highest BCUT2D eigenvalue weighted by atomic mass is 16.5. The maximum Gasteiger partial charge on any atom is 0.249 e. The fourth-order valence-corrected chi connectivity index (χ4v) is 3.72. The molecule has 0 aromatic carbocycles. The van der Waals surface area contributed by atoms with Crippen LogP contribution in [0.1, 0.15) is 24.3 Å². The quantitative estimate of drug-likeness (QED) is 0.901. The summed E-state index contributed by atoms with van der Waals surface area (Å²) in [5, 5.41) is 2.94. The maximum absolute atomic E-state index is 12.4. The van der Waals surface area contributed by atoms with E-state index < -0.39 is 0 Å². The molecule has 0 aliphatic carbocycles. The summed E-state index contributed by atoms with van der Waals surface area (Å²) in [5.41, 5.74) is 0.857. The fraction of sp³-hybridized carbons (Fsp3) is 0.474. The highest BCUT2D eigenvalue weighted by Crippen LogP contribution is 2.33. The summed E-state index contributed by atoms with van der Waals surface area (Å²) >= 11 is 0. The molecule has 2 aliphatic rings. The van der Waals surface area contributed by atoms with Crippen LogP contribution >= 0.6 is 0 Å². The van der Waals surface area contributed by atoms with Crippen LogP contribution in [-0.2, 0) is 22.6 Å². The lowest BCUT2D eigenvalue weighted by molar-refractivity contribution is -0.133. The number of carbonyl (C=O) groups is 1. The molecule has 0 saturated carbocycles. The Hall–Kier alpha value is -2.18. The fourth-order valence-electron chi connectivity index (χ4n) is 3.72. The number of piperidine rings is 1. The standard InChI is InChI=1S/C19H23N3O3/c23-19(21-11-15-4-1-2-7-20-15)17-10-14-6-8-22(13-18(14)25-17)12-16-5-3-9-24-16/h1-5,7,9,14,17-18H,6,8,10-13H2,(H,21,23)/t14-,17-,18+/m0/s1. The summed E-state index contributed by atoms with van der Waals surface area (Å²) in [7, 11) is 0. The lowest BCUT2D eigenvalue weighted by Gasteiger charge is -2.33. The maximum atomic E-state index is 12.4. The average Bonchev–Trinajstić information content (AvgIpc) is 3.30. The minimum absolute atomic E-state index is 0.0300. The molecule has 6 heteroatoms. The molecule has 0 bridgehead atoms. The van der Waals surface area contributed by atoms with Gasteiger partial charge in [0.15, 0.2) is 0 Å². The second-order valence-electron chi connectivity index (χ2n) is 6.80.